The molecule has 0 aliphatic carbocycles. The maximum absolute atomic E-state index is 13.5. The zero-order chi connectivity index (χ0) is 24.9. The Morgan fingerprint density at radius 3 is 2.00 bits per heavy atom. The molecule has 0 heterocycles. The van der Waals surface area contributed by atoms with Gasteiger partial charge < -0.3 is 14.8 Å². The van der Waals surface area contributed by atoms with Gasteiger partial charge in [-0.15, -0.1) is 0 Å². The first-order valence-electron chi connectivity index (χ1n) is 7.81. The highest BCUT2D eigenvalue weighted by Crippen LogP contribution is 2.42. The highest BCUT2D eigenvalue weighted by atomic mass is 32.2. The largest absolute Gasteiger partial charge is 0.466 e. The van der Waals surface area contributed by atoms with Crippen LogP contribution in [0.5, 0.6) is 0 Å². The smallest absolute Gasteiger partial charge is 0.412 e. The molecule has 0 aromatic rings. The fraction of sp³-hybridized carbons (Fsp3) is 0.643. The number of alkyl halides is 7. The third-order valence-corrected chi connectivity index (χ3v) is 4.22. The molecule has 9 nitrogen and oxygen atoms in total. The van der Waals surface area contributed by atoms with E-state index in [0.29, 0.717) is 0 Å². The van der Waals surface area contributed by atoms with Gasteiger partial charge in [0.05, 0.1) is 13.2 Å². The first-order valence-corrected chi connectivity index (χ1v) is 9.25. The van der Waals surface area contributed by atoms with Gasteiger partial charge in [0, 0.05) is 12.5 Å². The van der Waals surface area contributed by atoms with Gasteiger partial charge >= 0.3 is 45.1 Å². The summed E-state index contributed by atoms with van der Waals surface area (Å²) in [4.78, 5) is 34.1. The number of carbonyl (C=O) groups is 3. The van der Waals surface area contributed by atoms with Crippen molar-refractivity contribution in [3.05, 3.63) is 12.7 Å². The average Bonchev–Trinajstić information content (AvgIpc) is 2.59. The number of halogens is 7. The molecule has 0 spiro atoms. The summed E-state index contributed by atoms with van der Waals surface area (Å²) in [5.41, 5.74) is 0. The van der Waals surface area contributed by atoms with E-state index in [4.69, 9.17) is 4.55 Å². The van der Waals surface area contributed by atoms with Gasteiger partial charge in [-0.1, -0.05) is 6.58 Å². The number of Topliss-reactive ketones (excluding diaryl/α,β-unsaturated/α-hetero) is 1. The lowest BCUT2D eigenvalue weighted by Crippen LogP contribution is -2.62. The van der Waals surface area contributed by atoms with E-state index in [1.165, 1.54) is 5.32 Å². The number of esters is 1. The fourth-order valence-electron chi connectivity index (χ4n) is 1.76. The molecular formula is C14H16F7NO8S. The zero-order valence-electron chi connectivity index (χ0n) is 15.5. The number of hydrogen-bond acceptors (Lipinski definition) is 7. The van der Waals surface area contributed by atoms with Crippen molar-refractivity contribution in [1.82, 2.24) is 5.32 Å². The number of rotatable bonds is 12. The molecule has 0 rings (SSSR count). The molecule has 0 aromatic heterocycles. The predicted molar refractivity (Wildman–Crippen MR) is 85.4 cm³/mol. The van der Waals surface area contributed by atoms with E-state index >= 15 is 0 Å². The Bertz CT molecular complexity index is 812. The van der Waals surface area contributed by atoms with Crippen LogP contribution < -0.4 is 5.32 Å². The molecule has 1 atom stereocenters. The summed E-state index contributed by atoms with van der Waals surface area (Å²) >= 11 is 0. The van der Waals surface area contributed by atoms with Crippen LogP contribution in [-0.4, -0.2) is 66.9 Å². The second-order valence-electron chi connectivity index (χ2n) is 5.77. The molecule has 2 N–H and O–H groups in total. The minimum atomic E-state index is -6.58. The molecule has 0 bridgehead atoms. The van der Waals surface area contributed by atoms with E-state index in [9.17, 15) is 53.5 Å². The molecule has 1 unspecified atom stereocenters. The lowest BCUT2D eigenvalue weighted by atomic mass is 10.2. The van der Waals surface area contributed by atoms with Crippen molar-refractivity contribution >= 4 is 27.8 Å². The summed E-state index contributed by atoms with van der Waals surface area (Å²) < 4.78 is 130. The molecule has 0 aliphatic heterocycles. The molecule has 0 saturated carbocycles. The third kappa shape index (κ3) is 6.86. The van der Waals surface area contributed by atoms with Crippen LogP contribution in [0.2, 0.25) is 0 Å². The SMILES string of the molecule is C=CC(=O)OC(OCCCC(F)(F)C(F)(F)S(=O)(=O)O)(C(=O)NCC(C)=O)C(F)(F)F. The second kappa shape index (κ2) is 9.90. The third-order valence-electron chi connectivity index (χ3n) is 3.27. The van der Waals surface area contributed by atoms with E-state index in [1.54, 1.807) is 0 Å². The highest BCUT2D eigenvalue weighted by Gasteiger charge is 2.67. The summed E-state index contributed by atoms with van der Waals surface area (Å²) in [6.07, 6.45) is -9.23. The number of hydrogen-bond donors (Lipinski definition) is 2. The molecule has 31 heavy (non-hydrogen) atoms. The monoisotopic (exact) mass is 491 g/mol. The van der Waals surface area contributed by atoms with Crippen molar-refractivity contribution in [3.63, 3.8) is 0 Å². The molecule has 0 radical (unpaired) electrons. The Balaban J connectivity index is 5.69. The minimum absolute atomic E-state index is 0.183. The Labute approximate surface area is 170 Å². The van der Waals surface area contributed by atoms with Crippen LogP contribution in [0.15, 0.2) is 12.7 Å². The van der Waals surface area contributed by atoms with Gasteiger partial charge in [0.1, 0.15) is 5.78 Å². The topological polar surface area (TPSA) is 136 Å². The van der Waals surface area contributed by atoms with Gasteiger partial charge in [-0.25, -0.2) is 4.79 Å². The quantitative estimate of drug-likeness (QED) is 0.105. The summed E-state index contributed by atoms with van der Waals surface area (Å²) in [6, 6.07) is 0. The van der Waals surface area contributed by atoms with Crippen LogP contribution in [0.1, 0.15) is 19.8 Å². The van der Waals surface area contributed by atoms with Crippen LogP contribution in [0.4, 0.5) is 30.7 Å². The first-order chi connectivity index (χ1) is 13.7. The summed E-state index contributed by atoms with van der Waals surface area (Å²) in [6.45, 7) is 1.09. The molecule has 17 heteroatoms. The maximum Gasteiger partial charge on any atom is 0.466 e. The number of amides is 1. The zero-order valence-corrected chi connectivity index (χ0v) is 16.3. The van der Waals surface area contributed by atoms with Crippen LogP contribution in [0, 0.1) is 0 Å². The van der Waals surface area contributed by atoms with Crippen molar-refractivity contribution in [3.8, 4) is 0 Å². The Hall–Kier alpha value is -2.27. The molecular weight excluding hydrogens is 475 g/mol. The van der Waals surface area contributed by atoms with Gasteiger partial charge in [0.2, 0.25) is 0 Å². The summed E-state index contributed by atoms with van der Waals surface area (Å²) in [7, 11) is -6.58. The average molecular weight is 491 g/mol. The lowest BCUT2D eigenvalue weighted by molar-refractivity contribution is -0.347. The van der Waals surface area contributed by atoms with Gasteiger partial charge in [0.25, 0.3) is 0 Å². The predicted octanol–water partition coefficient (Wildman–Crippen LogP) is 1.59. The number of ether oxygens (including phenoxy) is 2. The summed E-state index contributed by atoms with van der Waals surface area (Å²) in [5.74, 6) is -14.9. The Morgan fingerprint density at radius 2 is 1.61 bits per heavy atom. The number of ketones is 1. The van der Waals surface area contributed by atoms with Crippen LogP contribution >= 0.6 is 0 Å². The van der Waals surface area contributed by atoms with Gasteiger partial charge in [-0.3, -0.25) is 14.1 Å². The number of carbonyl (C=O) groups excluding carboxylic acids is 3. The van der Waals surface area contributed by atoms with E-state index in [-0.39, 0.29) is 6.08 Å². The van der Waals surface area contributed by atoms with E-state index in [1.807, 2.05) is 0 Å². The molecule has 0 aromatic carbocycles. The standard InChI is InChI=1S/C14H16F7NO8S/c1-3-9(24)30-12(13(17,18)19,10(25)22-7-8(2)23)29-6-4-5-11(15,16)14(20,21)31(26,27)28/h3H,1,4-7H2,2H3,(H,22,25)(H,26,27,28). The molecule has 180 valence electrons. The lowest BCUT2D eigenvalue weighted by Gasteiger charge is -2.33. The molecule has 0 saturated heterocycles. The second-order valence-corrected chi connectivity index (χ2v) is 7.24. The van der Waals surface area contributed by atoms with Crippen LogP contribution in [0.25, 0.3) is 0 Å². The normalized spacial score (nSPS) is 15.0. The van der Waals surface area contributed by atoms with Crippen molar-refractivity contribution in [2.75, 3.05) is 13.2 Å². The number of nitrogens with one attached hydrogen (secondary N) is 1. The molecule has 0 aliphatic rings. The van der Waals surface area contributed by atoms with Gasteiger partial charge in [0.15, 0.2) is 0 Å². The van der Waals surface area contributed by atoms with Gasteiger partial charge in [-0.05, 0) is 13.3 Å². The van der Waals surface area contributed by atoms with E-state index in [2.05, 4.69) is 16.1 Å². The van der Waals surface area contributed by atoms with Crippen molar-refractivity contribution in [2.24, 2.45) is 0 Å². The van der Waals surface area contributed by atoms with E-state index < -0.39 is 76.9 Å². The van der Waals surface area contributed by atoms with Crippen molar-refractivity contribution in [1.29, 1.82) is 0 Å². The Kier molecular flexibility index (Phi) is 9.18. The van der Waals surface area contributed by atoms with Gasteiger partial charge in [-0.2, -0.15) is 39.2 Å². The van der Waals surface area contributed by atoms with Crippen LogP contribution in [0.3, 0.4) is 0 Å². The molecule has 0 fully saturated rings. The van der Waals surface area contributed by atoms with Crippen molar-refractivity contribution < 1.29 is 67.6 Å². The maximum atomic E-state index is 13.5. The van der Waals surface area contributed by atoms with Crippen LogP contribution in [-0.2, 0) is 34.0 Å². The van der Waals surface area contributed by atoms with E-state index in [0.717, 1.165) is 6.92 Å². The van der Waals surface area contributed by atoms with Crippen molar-refractivity contribution in [2.45, 2.75) is 42.9 Å². The fourth-order valence-corrected chi connectivity index (χ4v) is 2.24. The highest BCUT2D eigenvalue weighted by molar-refractivity contribution is 7.87. The summed E-state index contributed by atoms with van der Waals surface area (Å²) in [5, 5.41) is -4.54. The molecule has 1 amide bonds. The first kappa shape index (κ1) is 28.7. The Morgan fingerprint density at radius 1 is 1.10 bits per heavy atom. The minimum Gasteiger partial charge on any atom is -0.412 e.